The fourth-order valence-corrected chi connectivity index (χ4v) is 9.74. The van der Waals surface area contributed by atoms with Gasteiger partial charge >= 0.3 is 6.03 Å². The lowest BCUT2D eigenvalue weighted by molar-refractivity contribution is 0.254. The van der Waals surface area contributed by atoms with Crippen LogP contribution in [0.25, 0.3) is 22.5 Å². The molecule has 4 bridgehead atoms. The molecule has 0 aromatic carbocycles. The summed E-state index contributed by atoms with van der Waals surface area (Å²) in [4.78, 5) is 51.5. The number of pyridine rings is 6. The Morgan fingerprint density at radius 2 is 1.22 bits per heavy atom. The van der Waals surface area contributed by atoms with Crippen LogP contribution in [0.5, 0.6) is 0 Å². The van der Waals surface area contributed by atoms with Crippen molar-refractivity contribution in [2.24, 2.45) is 0 Å². The maximum atomic E-state index is 13.5. The largest absolute Gasteiger partial charge is 0.384 e. The number of aromatic nitrogens is 6. The van der Waals surface area contributed by atoms with Gasteiger partial charge in [0.05, 0.1) is 28.8 Å². The van der Waals surface area contributed by atoms with Crippen LogP contribution in [-0.4, -0.2) is 100 Å². The minimum absolute atomic E-state index is 0.0983. The highest BCUT2D eigenvalue weighted by molar-refractivity contribution is 6.04. The Hall–Kier alpha value is -7.03. The number of rotatable bonds is 5. The van der Waals surface area contributed by atoms with Gasteiger partial charge in [-0.05, 0) is 113 Å². The molecule has 2 atom stereocenters. The summed E-state index contributed by atoms with van der Waals surface area (Å²) in [5, 5.41) is 6.59. The fourth-order valence-electron chi connectivity index (χ4n) is 9.74. The Bertz CT molecular complexity index is 2630. The van der Waals surface area contributed by atoms with Gasteiger partial charge in [-0.1, -0.05) is 0 Å². The SMILES string of the molecule is Cc1cc(-c2ccc3c(n2)N(C(=O)Nc2cc(N4CCCC4)ccn2)[C@H]2CCN3C2)ccn1.Cc1cc(-c2ccc3c(n2)N[C@H]2CCN3C2)ccn1.Nc1cc(N2CCCC2)ccn1. The third-order valence-electron chi connectivity index (χ3n) is 13.0. The molecule has 4 N–H and O–H groups in total. The van der Waals surface area contributed by atoms with Gasteiger partial charge in [-0.2, -0.15) is 0 Å². The molecule has 2 amide bonds. The van der Waals surface area contributed by atoms with E-state index < -0.39 is 0 Å². The Morgan fingerprint density at radius 1 is 0.625 bits per heavy atom. The topological polar surface area (TPSA) is 161 Å². The highest BCUT2D eigenvalue weighted by atomic mass is 16.2. The van der Waals surface area contributed by atoms with Gasteiger partial charge in [-0.3, -0.25) is 20.2 Å². The highest BCUT2D eigenvalue weighted by Crippen LogP contribution is 2.41. The number of carbonyl (C=O) groups excluding carboxylic acids is 1. The normalized spacial score (nSPS) is 18.9. The van der Waals surface area contributed by atoms with Crippen molar-refractivity contribution in [2.45, 2.75) is 64.5 Å². The van der Waals surface area contributed by atoms with E-state index in [0.717, 1.165) is 110 Å². The average molecular weight is 857 g/mol. The van der Waals surface area contributed by atoms with E-state index in [2.05, 4.69) is 74.4 Å². The molecule has 6 aromatic rings. The number of fused-ring (bicyclic) bond motifs is 8. The van der Waals surface area contributed by atoms with Crippen LogP contribution in [0.2, 0.25) is 0 Å². The maximum absolute atomic E-state index is 13.5. The number of aryl methyl sites for hydroxylation is 2. The van der Waals surface area contributed by atoms with Crippen LogP contribution in [0.4, 0.5) is 50.8 Å². The van der Waals surface area contributed by atoms with Crippen molar-refractivity contribution in [3.63, 3.8) is 0 Å². The summed E-state index contributed by atoms with van der Waals surface area (Å²) >= 11 is 0. The van der Waals surface area contributed by atoms with Crippen LogP contribution in [0, 0.1) is 13.8 Å². The molecule has 0 saturated carbocycles. The molecule has 6 aliphatic rings. The Kier molecular flexibility index (Phi) is 11.5. The number of amides is 2. The zero-order valence-electron chi connectivity index (χ0n) is 36.7. The second kappa shape index (κ2) is 18.0. The van der Waals surface area contributed by atoms with Crippen molar-refractivity contribution in [2.75, 3.05) is 93.2 Å². The number of hydrogen-bond donors (Lipinski definition) is 3. The number of carbonyl (C=O) groups is 1. The number of anilines is 8. The summed E-state index contributed by atoms with van der Waals surface area (Å²) < 4.78 is 0. The van der Waals surface area contributed by atoms with Gasteiger partial charge in [-0.15, -0.1) is 0 Å². The fraction of sp³-hybridized carbons (Fsp3) is 0.367. The first-order chi connectivity index (χ1) is 31.3. The molecule has 12 heterocycles. The number of urea groups is 1. The summed E-state index contributed by atoms with van der Waals surface area (Å²) in [6.07, 6.45) is 14.3. The van der Waals surface area contributed by atoms with E-state index in [0.29, 0.717) is 23.5 Å². The molecule has 4 saturated heterocycles. The van der Waals surface area contributed by atoms with E-state index in [1.54, 1.807) is 18.6 Å². The van der Waals surface area contributed by atoms with Crippen LogP contribution >= 0.6 is 0 Å². The predicted molar refractivity (Wildman–Crippen MR) is 257 cm³/mol. The zero-order valence-corrected chi connectivity index (χ0v) is 36.7. The summed E-state index contributed by atoms with van der Waals surface area (Å²) in [5.41, 5.74) is 16.1. The molecule has 15 heteroatoms. The molecule has 6 aliphatic heterocycles. The molecule has 0 radical (unpaired) electrons. The van der Waals surface area contributed by atoms with Gasteiger partial charge in [0.2, 0.25) is 0 Å². The van der Waals surface area contributed by atoms with E-state index in [1.807, 2.05) is 73.5 Å². The van der Waals surface area contributed by atoms with Crippen LogP contribution in [0.15, 0.2) is 97.6 Å². The Morgan fingerprint density at radius 3 is 1.89 bits per heavy atom. The zero-order chi connectivity index (χ0) is 43.6. The minimum atomic E-state index is -0.176. The quantitative estimate of drug-likeness (QED) is 0.154. The Labute approximate surface area is 374 Å². The van der Waals surface area contributed by atoms with E-state index in [9.17, 15) is 4.79 Å². The number of nitrogens with one attached hydrogen (secondary N) is 2. The smallest absolute Gasteiger partial charge is 0.329 e. The molecular formula is C49H56N14O. The van der Waals surface area contributed by atoms with Gasteiger partial charge in [-0.25, -0.2) is 24.7 Å². The molecule has 4 fully saturated rings. The van der Waals surface area contributed by atoms with Crippen molar-refractivity contribution >= 4 is 52.1 Å². The molecule has 0 aliphatic carbocycles. The summed E-state index contributed by atoms with van der Waals surface area (Å²) in [6, 6.07) is 24.9. The van der Waals surface area contributed by atoms with E-state index in [4.69, 9.17) is 15.7 Å². The van der Waals surface area contributed by atoms with Crippen LogP contribution in [-0.2, 0) is 0 Å². The third-order valence-corrected chi connectivity index (χ3v) is 13.0. The van der Waals surface area contributed by atoms with E-state index in [1.165, 1.54) is 43.5 Å². The lowest BCUT2D eigenvalue weighted by Crippen LogP contribution is -2.48. The van der Waals surface area contributed by atoms with Crippen LogP contribution in [0.3, 0.4) is 0 Å². The molecule has 15 nitrogen and oxygen atoms in total. The molecular weight excluding hydrogens is 801 g/mol. The highest BCUT2D eigenvalue weighted by Gasteiger charge is 2.40. The van der Waals surface area contributed by atoms with Crippen LogP contribution in [0.1, 0.15) is 49.9 Å². The second-order valence-corrected chi connectivity index (χ2v) is 17.5. The number of nitrogen functional groups attached to an aromatic ring is 1. The van der Waals surface area contributed by atoms with Crippen molar-refractivity contribution in [3.05, 3.63) is 109 Å². The minimum Gasteiger partial charge on any atom is -0.384 e. The first-order valence-corrected chi connectivity index (χ1v) is 22.7. The Balaban J connectivity index is 0.000000130. The van der Waals surface area contributed by atoms with Gasteiger partial charge in [0.15, 0.2) is 11.6 Å². The first-order valence-electron chi connectivity index (χ1n) is 22.7. The number of nitrogens with zero attached hydrogens (tertiary/aromatic N) is 11. The molecule has 12 rings (SSSR count). The standard InChI is InChI=1S/C25H27N7O.C15H16N4.C9H13N3/c1-17-14-18(6-9-26-17)21-4-5-22-24(28-21)32(20-8-13-31(22)16-20)25(33)29-23-15-19(7-10-27-23)30-11-2-3-12-30;1-10-8-11(4-6-16-10)13-2-3-14-15(18-13)17-12-5-7-19(14)9-12;10-9-7-8(3-4-11-9)12-5-1-2-6-12/h4-7,9-10,14-15,20H,2-3,8,11-13,16H2,1H3,(H,27,29,33);2-4,6,8,12H,5,7,9H2,1H3,(H,17,18);3-4,7H,1-2,5-6H2,(H2,10,11)/t20-;12-;/m00./s1. The van der Waals surface area contributed by atoms with E-state index >= 15 is 0 Å². The predicted octanol–water partition coefficient (Wildman–Crippen LogP) is 7.80. The van der Waals surface area contributed by atoms with Crippen molar-refractivity contribution in [3.8, 4) is 22.5 Å². The van der Waals surface area contributed by atoms with E-state index in [-0.39, 0.29) is 12.1 Å². The number of hydrogen-bond acceptors (Lipinski definition) is 13. The molecule has 328 valence electrons. The summed E-state index contributed by atoms with van der Waals surface area (Å²) in [5.74, 6) is 2.93. The van der Waals surface area contributed by atoms with Crippen molar-refractivity contribution in [1.29, 1.82) is 0 Å². The lowest BCUT2D eigenvalue weighted by Gasteiger charge is -2.35. The first kappa shape index (κ1) is 41.0. The van der Waals surface area contributed by atoms with Crippen molar-refractivity contribution < 1.29 is 4.79 Å². The summed E-state index contributed by atoms with van der Waals surface area (Å²) in [7, 11) is 0. The third kappa shape index (κ3) is 8.79. The van der Waals surface area contributed by atoms with Crippen molar-refractivity contribution in [1.82, 2.24) is 29.9 Å². The molecule has 64 heavy (non-hydrogen) atoms. The van der Waals surface area contributed by atoms with Gasteiger partial charge < -0.3 is 30.7 Å². The maximum Gasteiger partial charge on any atom is 0.329 e. The van der Waals surface area contributed by atoms with Crippen LogP contribution < -0.4 is 40.9 Å². The van der Waals surface area contributed by atoms with Gasteiger partial charge in [0.25, 0.3) is 0 Å². The molecule has 0 unspecified atom stereocenters. The average Bonchev–Trinajstić information content (AvgIpc) is 4.17. The molecule has 0 spiro atoms. The second-order valence-electron chi connectivity index (χ2n) is 17.5. The summed E-state index contributed by atoms with van der Waals surface area (Å²) in [6.45, 7) is 12.4. The van der Waals surface area contributed by atoms with Gasteiger partial charge in [0, 0.05) is 129 Å². The number of nitrogens with two attached hydrogens (primary N) is 1. The van der Waals surface area contributed by atoms with Gasteiger partial charge in [0.1, 0.15) is 11.6 Å². The monoisotopic (exact) mass is 856 g/mol. The molecule has 6 aromatic heterocycles. The lowest BCUT2D eigenvalue weighted by atomic mass is 10.1.